The third-order valence-electron chi connectivity index (χ3n) is 1.59. The Kier molecular flexibility index (Phi) is 1.69. The standard InChI is InChI=1S/C7H12O/c1-6-4-3-5-8-7(6)2/h4,7H,3,5H2,1-2H3. The highest BCUT2D eigenvalue weighted by molar-refractivity contribution is 5.05. The molecule has 0 spiro atoms. The van der Waals surface area contributed by atoms with Gasteiger partial charge >= 0.3 is 0 Å². The largest absolute Gasteiger partial charge is 0.374 e. The lowest BCUT2D eigenvalue weighted by molar-refractivity contribution is 0.0834. The quantitative estimate of drug-likeness (QED) is 0.434. The Morgan fingerprint density at radius 2 is 2.50 bits per heavy atom. The Bertz CT molecular complexity index is 105. The van der Waals surface area contributed by atoms with E-state index in [1.807, 2.05) is 0 Å². The SMILES string of the molecule is CC1=CCCOC1C. The maximum atomic E-state index is 5.32. The highest BCUT2D eigenvalue weighted by atomic mass is 16.5. The fourth-order valence-corrected chi connectivity index (χ4v) is 0.829. The van der Waals surface area contributed by atoms with Gasteiger partial charge in [-0.15, -0.1) is 0 Å². The Labute approximate surface area is 50.3 Å². The minimum absolute atomic E-state index is 0.365. The molecule has 1 heteroatoms. The van der Waals surface area contributed by atoms with Gasteiger partial charge in [-0.25, -0.2) is 0 Å². The molecule has 0 aromatic heterocycles. The molecule has 1 rings (SSSR count). The summed E-state index contributed by atoms with van der Waals surface area (Å²) in [6, 6.07) is 0. The predicted octanol–water partition coefficient (Wildman–Crippen LogP) is 1.74. The summed E-state index contributed by atoms with van der Waals surface area (Å²) in [6.45, 7) is 5.10. The maximum absolute atomic E-state index is 5.32. The molecular formula is C7H12O. The van der Waals surface area contributed by atoms with Crippen molar-refractivity contribution in [1.82, 2.24) is 0 Å². The van der Waals surface area contributed by atoms with Crippen LogP contribution >= 0.6 is 0 Å². The molecule has 46 valence electrons. The normalized spacial score (nSPS) is 29.8. The van der Waals surface area contributed by atoms with Gasteiger partial charge in [0.2, 0.25) is 0 Å². The first kappa shape index (κ1) is 5.83. The zero-order valence-corrected chi connectivity index (χ0v) is 5.48. The Morgan fingerprint density at radius 1 is 1.75 bits per heavy atom. The van der Waals surface area contributed by atoms with E-state index in [0.29, 0.717) is 6.10 Å². The van der Waals surface area contributed by atoms with Gasteiger partial charge in [0.1, 0.15) is 0 Å². The van der Waals surface area contributed by atoms with Crippen LogP contribution in [0.3, 0.4) is 0 Å². The third kappa shape index (κ3) is 1.10. The van der Waals surface area contributed by atoms with E-state index >= 15 is 0 Å². The van der Waals surface area contributed by atoms with Gasteiger partial charge in [-0.1, -0.05) is 6.08 Å². The number of hydrogen-bond acceptors (Lipinski definition) is 1. The second-order valence-electron chi connectivity index (χ2n) is 2.25. The Hall–Kier alpha value is -0.300. The van der Waals surface area contributed by atoms with E-state index in [4.69, 9.17) is 4.74 Å². The first-order valence-corrected chi connectivity index (χ1v) is 3.09. The van der Waals surface area contributed by atoms with Crippen molar-refractivity contribution in [1.29, 1.82) is 0 Å². The van der Waals surface area contributed by atoms with Gasteiger partial charge in [-0.2, -0.15) is 0 Å². The van der Waals surface area contributed by atoms with Gasteiger partial charge in [0.05, 0.1) is 12.7 Å². The monoisotopic (exact) mass is 112 g/mol. The van der Waals surface area contributed by atoms with Crippen molar-refractivity contribution >= 4 is 0 Å². The molecule has 0 saturated carbocycles. The first-order valence-electron chi connectivity index (χ1n) is 3.09. The number of rotatable bonds is 0. The molecule has 0 radical (unpaired) electrons. The molecule has 1 unspecified atom stereocenters. The summed E-state index contributed by atoms with van der Waals surface area (Å²) in [5.74, 6) is 0. The van der Waals surface area contributed by atoms with Gasteiger partial charge in [-0.3, -0.25) is 0 Å². The minimum Gasteiger partial charge on any atom is -0.374 e. The van der Waals surface area contributed by atoms with Gasteiger partial charge < -0.3 is 4.74 Å². The zero-order chi connectivity index (χ0) is 5.98. The van der Waals surface area contributed by atoms with Gasteiger partial charge in [0.25, 0.3) is 0 Å². The summed E-state index contributed by atoms with van der Waals surface area (Å²) in [6.07, 6.45) is 3.70. The second-order valence-corrected chi connectivity index (χ2v) is 2.25. The molecular weight excluding hydrogens is 100 g/mol. The van der Waals surface area contributed by atoms with Crippen LogP contribution in [0.4, 0.5) is 0 Å². The van der Waals surface area contributed by atoms with Crippen molar-refractivity contribution in [3.05, 3.63) is 11.6 Å². The fraction of sp³-hybridized carbons (Fsp3) is 0.714. The van der Waals surface area contributed by atoms with E-state index in [1.165, 1.54) is 5.57 Å². The first-order chi connectivity index (χ1) is 3.80. The molecule has 1 aliphatic rings. The molecule has 8 heavy (non-hydrogen) atoms. The van der Waals surface area contributed by atoms with Crippen LogP contribution in [0.15, 0.2) is 11.6 Å². The van der Waals surface area contributed by atoms with Crippen LogP contribution in [0.25, 0.3) is 0 Å². The summed E-state index contributed by atoms with van der Waals surface area (Å²) in [5, 5.41) is 0. The van der Waals surface area contributed by atoms with Crippen LogP contribution in [0.2, 0.25) is 0 Å². The molecule has 0 aromatic carbocycles. The number of ether oxygens (including phenoxy) is 1. The molecule has 1 nitrogen and oxygen atoms in total. The zero-order valence-electron chi connectivity index (χ0n) is 5.48. The van der Waals surface area contributed by atoms with Crippen LogP contribution < -0.4 is 0 Å². The molecule has 0 N–H and O–H groups in total. The summed E-state index contributed by atoms with van der Waals surface area (Å²) >= 11 is 0. The molecule has 0 bridgehead atoms. The van der Waals surface area contributed by atoms with Crippen LogP contribution in [0.5, 0.6) is 0 Å². The van der Waals surface area contributed by atoms with E-state index in [9.17, 15) is 0 Å². The van der Waals surface area contributed by atoms with Crippen LogP contribution in [0, 0.1) is 0 Å². The van der Waals surface area contributed by atoms with Crippen molar-refractivity contribution in [2.75, 3.05) is 6.61 Å². The van der Waals surface area contributed by atoms with E-state index in [-0.39, 0.29) is 0 Å². The molecule has 1 heterocycles. The lowest BCUT2D eigenvalue weighted by atomic mass is 10.1. The fourth-order valence-electron chi connectivity index (χ4n) is 0.829. The number of hydrogen-bond donors (Lipinski definition) is 0. The van der Waals surface area contributed by atoms with E-state index in [1.54, 1.807) is 0 Å². The maximum Gasteiger partial charge on any atom is 0.0754 e. The molecule has 1 atom stereocenters. The van der Waals surface area contributed by atoms with Crippen LogP contribution in [0.1, 0.15) is 20.3 Å². The van der Waals surface area contributed by atoms with Crippen molar-refractivity contribution < 1.29 is 4.74 Å². The van der Waals surface area contributed by atoms with E-state index in [0.717, 1.165) is 13.0 Å². The summed E-state index contributed by atoms with van der Waals surface area (Å²) in [7, 11) is 0. The highest BCUT2D eigenvalue weighted by Gasteiger charge is 2.06. The van der Waals surface area contributed by atoms with Crippen LogP contribution in [-0.2, 0) is 4.74 Å². The van der Waals surface area contributed by atoms with Gasteiger partial charge in [0.15, 0.2) is 0 Å². The predicted molar refractivity (Wildman–Crippen MR) is 33.8 cm³/mol. The summed E-state index contributed by atoms with van der Waals surface area (Å²) in [5.41, 5.74) is 1.37. The third-order valence-corrected chi connectivity index (χ3v) is 1.59. The topological polar surface area (TPSA) is 9.23 Å². The molecule has 0 fully saturated rings. The van der Waals surface area contributed by atoms with Gasteiger partial charge in [-0.05, 0) is 25.8 Å². The van der Waals surface area contributed by atoms with Crippen molar-refractivity contribution in [2.45, 2.75) is 26.4 Å². The second kappa shape index (κ2) is 2.31. The molecule has 0 aromatic rings. The van der Waals surface area contributed by atoms with E-state index < -0.39 is 0 Å². The minimum atomic E-state index is 0.365. The molecule has 1 aliphatic heterocycles. The lowest BCUT2D eigenvalue weighted by Gasteiger charge is -2.17. The average Bonchev–Trinajstić information content (AvgIpc) is 1.77. The molecule has 0 amide bonds. The Balaban J connectivity index is 2.53. The van der Waals surface area contributed by atoms with Gasteiger partial charge in [0, 0.05) is 0 Å². The van der Waals surface area contributed by atoms with Crippen molar-refractivity contribution in [3.63, 3.8) is 0 Å². The molecule has 0 aliphatic carbocycles. The van der Waals surface area contributed by atoms with Crippen LogP contribution in [-0.4, -0.2) is 12.7 Å². The summed E-state index contributed by atoms with van der Waals surface area (Å²) < 4.78 is 5.32. The summed E-state index contributed by atoms with van der Waals surface area (Å²) in [4.78, 5) is 0. The highest BCUT2D eigenvalue weighted by Crippen LogP contribution is 2.11. The average molecular weight is 112 g/mol. The lowest BCUT2D eigenvalue weighted by Crippen LogP contribution is -2.14. The van der Waals surface area contributed by atoms with E-state index in [2.05, 4.69) is 19.9 Å². The smallest absolute Gasteiger partial charge is 0.0754 e. The Morgan fingerprint density at radius 3 is 2.88 bits per heavy atom. The molecule has 0 saturated heterocycles. The van der Waals surface area contributed by atoms with Crippen molar-refractivity contribution in [3.8, 4) is 0 Å². The van der Waals surface area contributed by atoms with Crippen molar-refractivity contribution in [2.24, 2.45) is 0 Å².